The van der Waals surface area contributed by atoms with Gasteiger partial charge in [-0.15, -0.1) is 0 Å². The molecule has 1 amide bonds. The van der Waals surface area contributed by atoms with Crippen LogP contribution >= 0.6 is 0 Å². The van der Waals surface area contributed by atoms with Crippen LogP contribution < -0.4 is 10.1 Å². The lowest BCUT2D eigenvalue weighted by Crippen LogP contribution is -2.47. The minimum absolute atomic E-state index is 0.159. The van der Waals surface area contributed by atoms with Crippen molar-refractivity contribution >= 4 is 11.6 Å². The zero-order valence-electron chi connectivity index (χ0n) is 15.7. The first kappa shape index (κ1) is 19.2. The molecule has 4 rings (SSSR count). The predicted molar refractivity (Wildman–Crippen MR) is 97.5 cm³/mol. The third kappa shape index (κ3) is 3.74. The second kappa shape index (κ2) is 7.02. The maximum Gasteiger partial charge on any atom is 0.408 e. The van der Waals surface area contributed by atoms with Gasteiger partial charge in [0.25, 0.3) is 5.91 Å². The number of imidazole rings is 1. The van der Waals surface area contributed by atoms with Crippen LogP contribution in [0.1, 0.15) is 29.0 Å². The van der Waals surface area contributed by atoms with E-state index in [4.69, 9.17) is 4.74 Å². The summed E-state index contributed by atoms with van der Waals surface area (Å²) in [6.45, 7) is 1.78. The number of ether oxygens (including phenoxy) is 1. The number of methoxy groups -OCH3 is 1. The zero-order chi connectivity index (χ0) is 20.8. The maximum absolute atomic E-state index is 13.3. The molecular weight excluding hydrogens is 387 g/mol. The SMILES string of the molecule is COc1cccc(-c2cc(C)n3cnc(C(=O)NC(C4CC4)C(F)(F)F)c3n2)n1. The number of hydrogen-bond donors (Lipinski definition) is 1. The fraction of sp³-hybridized carbons (Fsp3) is 0.368. The van der Waals surface area contributed by atoms with Gasteiger partial charge in [-0.2, -0.15) is 13.2 Å². The molecule has 10 heteroatoms. The van der Waals surface area contributed by atoms with Crippen molar-refractivity contribution in [1.29, 1.82) is 0 Å². The Morgan fingerprint density at radius 1 is 1.28 bits per heavy atom. The summed E-state index contributed by atoms with van der Waals surface area (Å²) in [5.41, 5.74) is 1.67. The van der Waals surface area contributed by atoms with Gasteiger partial charge < -0.3 is 10.1 Å². The fourth-order valence-corrected chi connectivity index (χ4v) is 3.19. The number of nitrogens with one attached hydrogen (secondary N) is 1. The summed E-state index contributed by atoms with van der Waals surface area (Å²) >= 11 is 0. The van der Waals surface area contributed by atoms with E-state index in [2.05, 4.69) is 20.3 Å². The van der Waals surface area contributed by atoms with Gasteiger partial charge in [-0.25, -0.2) is 15.0 Å². The van der Waals surface area contributed by atoms with Crippen LogP contribution in [-0.2, 0) is 0 Å². The van der Waals surface area contributed by atoms with Crippen molar-refractivity contribution in [2.24, 2.45) is 5.92 Å². The van der Waals surface area contributed by atoms with Gasteiger partial charge in [-0.3, -0.25) is 9.20 Å². The second-order valence-corrected chi connectivity index (χ2v) is 6.96. The van der Waals surface area contributed by atoms with Crippen LogP contribution in [0.5, 0.6) is 5.88 Å². The third-order valence-corrected chi connectivity index (χ3v) is 4.84. The van der Waals surface area contributed by atoms with Crippen molar-refractivity contribution in [3.63, 3.8) is 0 Å². The highest BCUT2D eigenvalue weighted by Gasteiger charge is 2.50. The van der Waals surface area contributed by atoms with Crippen molar-refractivity contribution in [2.45, 2.75) is 32.0 Å². The van der Waals surface area contributed by atoms with Crippen molar-refractivity contribution in [2.75, 3.05) is 7.11 Å². The van der Waals surface area contributed by atoms with Crippen LogP contribution in [0, 0.1) is 12.8 Å². The summed E-state index contributed by atoms with van der Waals surface area (Å²) in [5, 5.41) is 2.09. The lowest BCUT2D eigenvalue weighted by atomic mass is 10.1. The Kier molecular flexibility index (Phi) is 4.64. The molecular formula is C19H18F3N5O2. The molecule has 1 atom stereocenters. The Labute approximate surface area is 164 Å². The Balaban J connectivity index is 1.72. The van der Waals surface area contributed by atoms with Crippen molar-refractivity contribution in [3.8, 4) is 17.3 Å². The molecule has 0 aliphatic heterocycles. The molecule has 1 N–H and O–H groups in total. The van der Waals surface area contributed by atoms with Crippen LogP contribution in [0.2, 0.25) is 0 Å². The van der Waals surface area contributed by atoms with Crippen molar-refractivity contribution in [3.05, 3.63) is 42.0 Å². The van der Waals surface area contributed by atoms with Gasteiger partial charge in [-0.05, 0) is 37.8 Å². The molecule has 1 fully saturated rings. The number of carbonyl (C=O) groups excluding carboxylic acids is 1. The quantitative estimate of drug-likeness (QED) is 0.705. The van der Waals surface area contributed by atoms with Crippen molar-refractivity contribution < 1.29 is 22.7 Å². The van der Waals surface area contributed by atoms with Gasteiger partial charge in [0.05, 0.1) is 18.5 Å². The molecule has 1 aliphatic carbocycles. The van der Waals surface area contributed by atoms with E-state index in [1.54, 1.807) is 35.6 Å². The van der Waals surface area contributed by atoms with E-state index in [1.165, 1.54) is 13.4 Å². The molecule has 29 heavy (non-hydrogen) atoms. The molecule has 0 bridgehead atoms. The van der Waals surface area contributed by atoms with E-state index >= 15 is 0 Å². The van der Waals surface area contributed by atoms with Crippen LogP contribution in [0.3, 0.4) is 0 Å². The molecule has 3 aromatic heterocycles. The van der Waals surface area contributed by atoms with Gasteiger partial charge in [0.2, 0.25) is 5.88 Å². The molecule has 0 aromatic carbocycles. The Morgan fingerprint density at radius 3 is 2.69 bits per heavy atom. The minimum Gasteiger partial charge on any atom is -0.481 e. The zero-order valence-corrected chi connectivity index (χ0v) is 15.7. The van der Waals surface area contributed by atoms with Crippen molar-refractivity contribution in [1.82, 2.24) is 24.7 Å². The molecule has 1 aliphatic rings. The number of aryl methyl sites for hydroxylation is 1. The standard InChI is InChI=1S/C19H18F3N5O2/c1-10-8-13(12-4-3-5-14(24-12)29-2)25-17-15(23-9-27(10)17)18(28)26-16(11-6-7-11)19(20,21)22/h3-5,8-9,11,16H,6-7H2,1-2H3,(H,26,28). The monoisotopic (exact) mass is 405 g/mol. The first-order valence-corrected chi connectivity index (χ1v) is 9.01. The first-order valence-electron chi connectivity index (χ1n) is 9.01. The lowest BCUT2D eigenvalue weighted by Gasteiger charge is -2.20. The van der Waals surface area contributed by atoms with E-state index in [0.717, 1.165) is 0 Å². The number of pyridine rings is 1. The number of nitrogens with zero attached hydrogens (tertiary/aromatic N) is 4. The molecule has 152 valence electrons. The van der Waals surface area contributed by atoms with Crippen LogP contribution in [0.25, 0.3) is 17.0 Å². The topological polar surface area (TPSA) is 81.4 Å². The smallest absolute Gasteiger partial charge is 0.408 e. The van der Waals surface area contributed by atoms with E-state index in [1.807, 2.05) is 0 Å². The molecule has 1 unspecified atom stereocenters. The van der Waals surface area contributed by atoms with Gasteiger partial charge in [0.1, 0.15) is 12.4 Å². The van der Waals surface area contributed by atoms with E-state index < -0.39 is 24.0 Å². The minimum atomic E-state index is -4.51. The Morgan fingerprint density at radius 2 is 2.03 bits per heavy atom. The largest absolute Gasteiger partial charge is 0.481 e. The molecule has 3 aromatic rings. The van der Waals surface area contributed by atoms with Crippen LogP contribution in [0.4, 0.5) is 13.2 Å². The summed E-state index contributed by atoms with van der Waals surface area (Å²) in [6, 6.07) is 5.03. The molecule has 0 saturated heterocycles. The van der Waals surface area contributed by atoms with Gasteiger partial charge in [-0.1, -0.05) is 6.07 Å². The van der Waals surface area contributed by atoms with E-state index in [-0.39, 0.29) is 11.3 Å². The number of fused-ring (bicyclic) bond motifs is 1. The second-order valence-electron chi connectivity index (χ2n) is 6.96. The lowest BCUT2D eigenvalue weighted by molar-refractivity contribution is -0.158. The van der Waals surface area contributed by atoms with Crippen LogP contribution in [0.15, 0.2) is 30.6 Å². The first-order chi connectivity index (χ1) is 13.8. The van der Waals surface area contributed by atoms with Gasteiger partial charge in [0, 0.05) is 11.8 Å². The molecule has 1 saturated carbocycles. The van der Waals surface area contributed by atoms with E-state index in [9.17, 15) is 18.0 Å². The fourth-order valence-electron chi connectivity index (χ4n) is 3.19. The highest BCUT2D eigenvalue weighted by atomic mass is 19.4. The average Bonchev–Trinajstić information content (AvgIpc) is 3.42. The average molecular weight is 405 g/mol. The maximum atomic E-state index is 13.3. The van der Waals surface area contributed by atoms with E-state index in [0.29, 0.717) is 35.8 Å². The summed E-state index contributed by atoms with van der Waals surface area (Å²) in [7, 11) is 1.49. The number of alkyl halides is 3. The highest BCUT2D eigenvalue weighted by molar-refractivity contribution is 5.98. The number of aromatic nitrogens is 4. The summed E-state index contributed by atoms with van der Waals surface area (Å²) < 4.78 is 46.5. The van der Waals surface area contributed by atoms with Crippen LogP contribution in [-0.4, -0.2) is 44.6 Å². The normalized spacial score (nSPS) is 15.3. The Hall–Kier alpha value is -3.17. The number of halogens is 3. The predicted octanol–water partition coefficient (Wildman–Crippen LogP) is 3.18. The summed E-state index contributed by atoms with van der Waals surface area (Å²) in [5.74, 6) is -1.09. The number of hydrogen-bond acceptors (Lipinski definition) is 5. The molecule has 0 radical (unpaired) electrons. The summed E-state index contributed by atoms with van der Waals surface area (Å²) in [4.78, 5) is 25.4. The third-order valence-electron chi connectivity index (χ3n) is 4.84. The van der Waals surface area contributed by atoms with Gasteiger partial charge >= 0.3 is 6.18 Å². The molecule has 3 heterocycles. The Bertz CT molecular complexity index is 1080. The highest BCUT2D eigenvalue weighted by Crippen LogP contribution is 2.40. The van der Waals surface area contributed by atoms with Gasteiger partial charge in [0.15, 0.2) is 11.3 Å². The molecule has 7 nitrogen and oxygen atoms in total. The summed E-state index contributed by atoms with van der Waals surface area (Å²) in [6.07, 6.45) is -2.25. The number of rotatable bonds is 5. The molecule has 0 spiro atoms. The number of carbonyl (C=O) groups is 1. The number of amides is 1.